The number of aromatic nitrogens is 1. The molecule has 1 fully saturated rings. The van der Waals surface area contributed by atoms with E-state index < -0.39 is 0 Å². The highest BCUT2D eigenvalue weighted by atomic mass is 32.2. The molecule has 0 aliphatic carbocycles. The van der Waals surface area contributed by atoms with Gasteiger partial charge in [0.25, 0.3) is 5.91 Å². The molecule has 26 heavy (non-hydrogen) atoms. The number of rotatable bonds is 3. The van der Waals surface area contributed by atoms with Crippen LogP contribution >= 0.6 is 24.0 Å². The number of hydrogen-bond donors (Lipinski definition) is 0. The maximum atomic E-state index is 13.0. The van der Waals surface area contributed by atoms with Crippen molar-refractivity contribution < 1.29 is 4.79 Å². The van der Waals surface area contributed by atoms with Crippen molar-refractivity contribution in [1.29, 1.82) is 0 Å². The van der Waals surface area contributed by atoms with Gasteiger partial charge in [-0.05, 0) is 37.6 Å². The maximum absolute atomic E-state index is 13.0. The second-order valence-corrected chi connectivity index (χ2v) is 7.87. The van der Waals surface area contributed by atoms with Crippen LogP contribution in [0.15, 0.2) is 59.6 Å². The molecule has 1 aliphatic heterocycles. The van der Waals surface area contributed by atoms with Gasteiger partial charge in [0.1, 0.15) is 0 Å². The molecule has 5 heteroatoms. The number of benzene rings is 2. The first-order valence-electron chi connectivity index (χ1n) is 8.51. The summed E-state index contributed by atoms with van der Waals surface area (Å²) < 4.78 is 2.78. The van der Waals surface area contributed by atoms with Crippen LogP contribution in [0.5, 0.6) is 0 Å². The number of carbonyl (C=O) groups is 1. The number of thioether (sulfide) groups is 1. The van der Waals surface area contributed by atoms with Gasteiger partial charge in [0.05, 0.1) is 10.6 Å². The molecule has 0 saturated carbocycles. The molecule has 0 spiro atoms. The second-order valence-electron chi connectivity index (χ2n) is 6.19. The van der Waals surface area contributed by atoms with Gasteiger partial charge in [-0.3, -0.25) is 9.69 Å². The Morgan fingerprint density at radius 1 is 1.12 bits per heavy atom. The van der Waals surface area contributed by atoms with Crippen LogP contribution in [0.3, 0.4) is 0 Å². The molecular weight excluding hydrogens is 360 g/mol. The molecule has 0 atom stereocenters. The minimum Gasteiger partial charge on any atom is -0.347 e. The molecular formula is C21H18N2OS2. The van der Waals surface area contributed by atoms with E-state index in [-0.39, 0.29) is 5.91 Å². The summed E-state index contributed by atoms with van der Waals surface area (Å²) in [6.07, 6.45) is 4.07. The molecule has 3 nitrogen and oxygen atoms in total. The number of carbonyl (C=O) groups excluding carboxylic acids is 1. The molecule has 0 bridgehead atoms. The van der Waals surface area contributed by atoms with Crippen molar-refractivity contribution in [3.05, 3.63) is 70.8 Å². The molecule has 4 rings (SSSR count). The highest BCUT2D eigenvalue weighted by molar-refractivity contribution is 8.27. The molecule has 0 unspecified atom stereocenters. The lowest BCUT2D eigenvalue weighted by Gasteiger charge is -2.16. The number of para-hydroxylation sites is 2. The zero-order valence-corrected chi connectivity index (χ0v) is 16.2. The Bertz CT molecular complexity index is 1060. The fraction of sp³-hybridized carbons (Fsp3) is 0.143. The molecule has 2 heterocycles. The highest BCUT2D eigenvalue weighted by Crippen LogP contribution is 2.38. The Kier molecular flexibility index (Phi) is 4.42. The largest absolute Gasteiger partial charge is 0.347 e. The van der Waals surface area contributed by atoms with E-state index in [4.69, 9.17) is 12.2 Å². The summed E-state index contributed by atoms with van der Waals surface area (Å²) in [5.74, 6) is -0.0531. The average molecular weight is 379 g/mol. The fourth-order valence-electron chi connectivity index (χ4n) is 3.28. The topological polar surface area (TPSA) is 25.2 Å². The van der Waals surface area contributed by atoms with Crippen LogP contribution in [-0.2, 0) is 11.3 Å². The van der Waals surface area contributed by atoms with Gasteiger partial charge in [0.15, 0.2) is 4.32 Å². The fourth-order valence-corrected chi connectivity index (χ4v) is 4.56. The first-order valence-corrected chi connectivity index (χ1v) is 9.74. The Labute approximate surface area is 162 Å². The molecule has 1 aliphatic rings. The van der Waals surface area contributed by atoms with Crippen LogP contribution < -0.4 is 4.90 Å². The minimum atomic E-state index is -0.0531. The first-order chi connectivity index (χ1) is 12.6. The summed E-state index contributed by atoms with van der Waals surface area (Å²) in [6.45, 7) is 5.00. The first kappa shape index (κ1) is 17.1. The Hall–Kier alpha value is -2.37. The van der Waals surface area contributed by atoms with Crippen LogP contribution in [0.1, 0.15) is 18.1 Å². The number of nitrogens with zero attached hydrogens (tertiary/aromatic N) is 2. The number of anilines is 1. The van der Waals surface area contributed by atoms with E-state index in [2.05, 4.69) is 29.8 Å². The summed E-state index contributed by atoms with van der Waals surface area (Å²) in [7, 11) is 0. The summed E-state index contributed by atoms with van der Waals surface area (Å²) in [5.41, 5.74) is 4.12. The van der Waals surface area contributed by atoms with E-state index in [0.29, 0.717) is 9.23 Å². The SMILES string of the molecule is CCn1cc(/C=C2\SC(=S)N(c3ccccc3C)C2=O)c2ccccc21. The third kappa shape index (κ3) is 2.77. The van der Waals surface area contributed by atoms with Gasteiger partial charge in [-0.25, -0.2) is 0 Å². The van der Waals surface area contributed by atoms with Gasteiger partial charge in [-0.2, -0.15) is 0 Å². The molecule has 3 aromatic rings. The molecule has 0 radical (unpaired) electrons. The van der Waals surface area contributed by atoms with E-state index in [1.54, 1.807) is 4.90 Å². The van der Waals surface area contributed by atoms with Gasteiger partial charge < -0.3 is 4.57 Å². The van der Waals surface area contributed by atoms with E-state index in [0.717, 1.165) is 28.7 Å². The standard InChI is InChI=1S/C21H18N2OS2/c1-3-22-13-15(16-9-5-7-11-18(16)22)12-19-20(24)23(21(25)26-19)17-10-6-4-8-14(17)2/h4-13H,3H2,1-2H3/b19-12-. The smallest absolute Gasteiger partial charge is 0.270 e. The van der Waals surface area contributed by atoms with E-state index in [1.807, 2.05) is 49.4 Å². The van der Waals surface area contributed by atoms with Crippen LogP contribution in [0.2, 0.25) is 0 Å². The monoisotopic (exact) mass is 378 g/mol. The van der Waals surface area contributed by atoms with Crippen molar-refractivity contribution in [3.63, 3.8) is 0 Å². The third-order valence-electron chi connectivity index (χ3n) is 4.60. The maximum Gasteiger partial charge on any atom is 0.270 e. The third-order valence-corrected chi connectivity index (χ3v) is 5.90. The van der Waals surface area contributed by atoms with E-state index in [1.165, 1.54) is 17.3 Å². The Morgan fingerprint density at radius 2 is 1.85 bits per heavy atom. The zero-order chi connectivity index (χ0) is 18.3. The average Bonchev–Trinajstić information content (AvgIpc) is 3.14. The van der Waals surface area contributed by atoms with Gasteiger partial charge in [-0.1, -0.05) is 60.4 Å². The van der Waals surface area contributed by atoms with Crippen molar-refractivity contribution in [2.45, 2.75) is 20.4 Å². The van der Waals surface area contributed by atoms with Crippen LogP contribution in [0.25, 0.3) is 17.0 Å². The summed E-state index contributed by atoms with van der Waals surface area (Å²) in [4.78, 5) is 15.3. The summed E-state index contributed by atoms with van der Waals surface area (Å²) in [6, 6.07) is 16.1. The van der Waals surface area contributed by atoms with Gasteiger partial charge in [-0.15, -0.1) is 0 Å². The summed E-state index contributed by atoms with van der Waals surface area (Å²) >= 11 is 6.86. The number of amides is 1. The number of thiocarbonyl (C=S) groups is 1. The molecule has 2 aromatic carbocycles. The number of aryl methyl sites for hydroxylation is 2. The van der Waals surface area contributed by atoms with Crippen molar-refractivity contribution >= 4 is 56.9 Å². The molecule has 1 aromatic heterocycles. The Morgan fingerprint density at radius 3 is 2.62 bits per heavy atom. The zero-order valence-electron chi connectivity index (χ0n) is 14.6. The van der Waals surface area contributed by atoms with Crippen molar-refractivity contribution in [2.24, 2.45) is 0 Å². The lowest BCUT2D eigenvalue weighted by molar-refractivity contribution is -0.113. The highest BCUT2D eigenvalue weighted by Gasteiger charge is 2.34. The van der Waals surface area contributed by atoms with Crippen LogP contribution in [0.4, 0.5) is 5.69 Å². The normalized spacial score (nSPS) is 16.2. The van der Waals surface area contributed by atoms with E-state index in [9.17, 15) is 4.79 Å². The van der Waals surface area contributed by atoms with Gasteiger partial charge >= 0.3 is 0 Å². The molecule has 1 amide bonds. The Balaban J connectivity index is 1.77. The lowest BCUT2D eigenvalue weighted by Crippen LogP contribution is -2.28. The van der Waals surface area contributed by atoms with E-state index >= 15 is 0 Å². The predicted molar refractivity (Wildman–Crippen MR) is 114 cm³/mol. The molecule has 1 saturated heterocycles. The number of hydrogen-bond acceptors (Lipinski definition) is 3. The van der Waals surface area contributed by atoms with Crippen LogP contribution in [0, 0.1) is 6.92 Å². The number of fused-ring (bicyclic) bond motifs is 1. The molecule has 130 valence electrons. The van der Waals surface area contributed by atoms with Gasteiger partial charge in [0, 0.05) is 29.2 Å². The van der Waals surface area contributed by atoms with Gasteiger partial charge in [0.2, 0.25) is 0 Å². The minimum absolute atomic E-state index is 0.0531. The van der Waals surface area contributed by atoms with Crippen molar-refractivity contribution in [1.82, 2.24) is 4.57 Å². The lowest BCUT2D eigenvalue weighted by atomic mass is 10.1. The second kappa shape index (κ2) is 6.74. The van der Waals surface area contributed by atoms with Crippen molar-refractivity contribution in [3.8, 4) is 0 Å². The quantitative estimate of drug-likeness (QED) is 0.452. The molecule has 0 N–H and O–H groups in total. The van der Waals surface area contributed by atoms with Crippen LogP contribution in [-0.4, -0.2) is 14.8 Å². The summed E-state index contributed by atoms with van der Waals surface area (Å²) in [5, 5.41) is 1.15. The van der Waals surface area contributed by atoms with Crippen molar-refractivity contribution in [2.75, 3.05) is 4.90 Å². The predicted octanol–water partition coefficient (Wildman–Crippen LogP) is 5.38.